The van der Waals surface area contributed by atoms with Crippen molar-refractivity contribution >= 4 is 66.9 Å². The first kappa shape index (κ1) is 23.4. The molecule has 5 aromatic rings. The maximum atomic E-state index is 13.0. The second-order valence-electron chi connectivity index (χ2n) is 7.75. The molecule has 4 aromatic carbocycles. The summed E-state index contributed by atoms with van der Waals surface area (Å²) >= 11 is 0.981. The summed E-state index contributed by atoms with van der Waals surface area (Å²) in [6, 6.07) is 18.0. The SMILES string of the molecule is O=C(Nc1cccc([N+](=O)[O-])c1)c1cc2ccccc2c(N=Nc2snc3ccc([N+](=O)[O-])cc23)c1O. The van der Waals surface area contributed by atoms with Crippen molar-refractivity contribution < 1.29 is 19.7 Å². The first-order valence-corrected chi connectivity index (χ1v) is 11.4. The van der Waals surface area contributed by atoms with Crippen molar-refractivity contribution in [3.8, 4) is 5.75 Å². The quantitative estimate of drug-likeness (QED) is 0.145. The van der Waals surface area contributed by atoms with Crippen LogP contribution in [0.15, 0.2) is 83.0 Å². The Hall–Kier alpha value is -5.30. The molecule has 0 saturated carbocycles. The van der Waals surface area contributed by atoms with Gasteiger partial charge in [-0.1, -0.05) is 30.3 Å². The van der Waals surface area contributed by atoms with E-state index in [-0.39, 0.29) is 33.3 Å². The zero-order chi connectivity index (χ0) is 26.1. The molecular formula is C24H14N6O6S. The number of hydrogen-bond acceptors (Lipinski definition) is 10. The maximum Gasteiger partial charge on any atom is 0.271 e. The Morgan fingerprint density at radius 3 is 2.43 bits per heavy atom. The van der Waals surface area contributed by atoms with E-state index in [1.807, 2.05) is 0 Å². The van der Waals surface area contributed by atoms with Crippen LogP contribution in [0.5, 0.6) is 5.75 Å². The number of rotatable bonds is 6. The lowest BCUT2D eigenvalue weighted by Crippen LogP contribution is -2.12. The number of carbonyl (C=O) groups excluding carboxylic acids is 1. The summed E-state index contributed by atoms with van der Waals surface area (Å²) in [5.74, 6) is -1.16. The molecule has 0 spiro atoms. The number of benzene rings is 4. The highest BCUT2D eigenvalue weighted by Crippen LogP contribution is 2.41. The van der Waals surface area contributed by atoms with Crippen LogP contribution in [0.3, 0.4) is 0 Å². The molecule has 1 amide bonds. The van der Waals surface area contributed by atoms with Gasteiger partial charge < -0.3 is 10.4 Å². The minimum Gasteiger partial charge on any atom is -0.505 e. The number of hydrogen-bond donors (Lipinski definition) is 2. The van der Waals surface area contributed by atoms with Gasteiger partial charge >= 0.3 is 0 Å². The Balaban J connectivity index is 1.56. The van der Waals surface area contributed by atoms with Gasteiger partial charge in [0, 0.05) is 40.7 Å². The second kappa shape index (κ2) is 9.39. The molecule has 5 rings (SSSR count). The van der Waals surface area contributed by atoms with E-state index in [4.69, 9.17) is 0 Å². The van der Waals surface area contributed by atoms with Gasteiger partial charge in [-0.05, 0) is 35.1 Å². The van der Waals surface area contributed by atoms with Crippen LogP contribution in [0, 0.1) is 20.2 Å². The van der Waals surface area contributed by atoms with Crippen LogP contribution < -0.4 is 5.32 Å². The predicted molar refractivity (Wildman–Crippen MR) is 137 cm³/mol. The normalized spacial score (nSPS) is 11.2. The molecule has 0 fully saturated rings. The smallest absolute Gasteiger partial charge is 0.271 e. The van der Waals surface area contributed by atoms with Crippen LogP contribution >= 0.6 is 11.5 Å². The summed E-state index contributed by atoms with van der Waals surface area (Å²) < 4.78 is 4.22. The maximum absolute atomic E-state index is 13.0. The number of azo groups is 1. The average Bonchev–Trinajstić information content (AvgIpc) is 3.30. The molecule has 12 nitrogen and oxygen atoms in total. The molecule has 0 aliphatic carbocycles. The zero-order valence-corrected chi connectivity index (χ0v) is 19.4. The number of nitrogens with one attached hydrogen (secondary N) is 1. The van der Waals surface area contributed by atoms with Gasteiger partial charge in [-0.15, -0.1) is 10.2 Å². The Kier molecular flexibility index (Phi) is 5.95. The first-order valence-electron chi connectivity index (χ1n) is 10.6. The van der Waals surface area contributed by atoms with Gasteiger partial charge in [0.1, 0.15) is 5.69 Å². The molecule has 37 heavy (non-hydrogen) atoms. The van der Waals surface area contributed by atoms with Gasteiger partial charge in [-0.3, -0.25) is 25.0 Å². The number of aromatic nitrogens is 1. The van der Waals surface area contributed by atoms with Gasteiger partial charge in [0.25, 0.3) is 17.3 Å². The highest BCUT2D eigenvalue weighted by molar-refractivity contribution is 7.11. The Morgan fingerprint density at radius 1 is 0.892 bits per heavy atom. The molecule has 182 valence electrons. The van der Waals surface area contributed by atoms with E-state index >= 15 is 0 Å². The van der Waals surface area contributed by atoms with E-state index in [0.29, 0.717) is 21.7 Å². The van der Waals surface area contributed by atoms with Crippen molar-refractivity contribution in [2.75, 3.05) is 5.32 Å². The lowest BCUT2D eigenvalue weighted by molar-refractivity contribution is -0.384. The number of fused-ring (bicyclic) bond motifs is 2. The number of nitrogens with zero attached hydrogens (tertiary/aromatic N) is 5. The van der Waals surface area contributed by atoms with Crippen LogP contribution in [0.2, 0.25) is 0 Å². The van der Waals surface area contributed by atoms with Crippen LogP contribution in [-0.2, 0) is 0 Å². The Labute approximate surface area is 211 Å². The van der Waals surface area contributed by atoms with E-state index in [1.165, 1.54) is 48.5 Å². The molecule has 0 atom stereocenters. The number of carbonyl (C=O) groups is 1. The molecule has 2 N–H and O–H groups in total. The number of phenols is 1. The van der Waals surface area contributed by atoms with Crippen molar-refractivity contribution in [3.05, 3.63) is 98.6 Å². The number of phenolic OH excluding ortho intramolecular Hbond substituents is 1. The van der Waals surface area contributed by atoms with Crippen LogP contribution in [-0.4, -0.2) is 25.2 Å². The number of anilines is 1. The number of nitro groups is 2. The highest BCUT2D eigenvalue weighted by Gasteiger charge is 2.20. The van der Waals surface area contributed by atoms with E-state index in [0.717, 1.165) is 11.5 Å². The monoisotopic (exact) mass is 514 g/mol. The van der Waals surface area contributed by atoms with Gasteiger partial charge in [0.15, 0.2) is 10.8 Å². The summed E-state index contributed by atoms with van der Waals surface area (Å²) in [6.45, 7) is 0. The zero-order valence-electron chi connectivity index (χ0n) is 18.6. The van der Waals surface area contributed by atoms with Gasteiger partial charge in [0.05, 0.1) is 20.9 Å². The van der Waals surface area contributed by atoms with Crippen molar-refractivity contribution in [1.29, 1.82) is 0 Å². The second-order valence-corrected chi connectivity index (χ2v) is 8.50. The molecule has 0 radical (unpaired) electrons. The van der Waals surface area contributed by atoms with E-state index < -0.39 is 21.5 Å². The minimum atomic E-state index is -0.709. The third kappa shape index (κ3) is 4.53. The molecular weight excluding hydrogens is 500 g/mol. The fourth-order valence-electron chi connectivity index (χ4n) is 3.69. The molecule has 1 aromatic heterocycles. The first-order chi connectivity index (χ1) is 17.8. The third-order valence-electron chi connectivity index (χ3n) is 5.45. The van der Waals surface area contributed by atoms with Crippen molar-refractivity contribution in [2.45, 2.75) is 0 Å². The Morgan fingerprint density at radius 2 is 1.65 bits per heavy atom. The van der Waals surface area contributed by atoms with Crippen molar-refractivity contribution in [2.24, 2.45) is 10.2 Å². The fraction of sp³-hybridized carbons (Fsp3) is 0. The number of nitro benzene ring substituents is 2. The number of non-ortho nitro benzene ring substituents is 2. The molecule has 0 unspecified atom stereocenters. The molecule has 0 bridgehead atoms. The van der Waals surface area contributed by atoms with Gasteiger partial charge in [-0.2, -0.15) is 4.37 Å². The summed E-state index contributed by atoms with van der Waals surface area (Å²) in [4.78, 5) is 34.1. The average molecular weight is 514 g/mol. The van der Waals surface area contributed by atoms with E-state index in [9.17, 15) is 30.1 Å². The van der Waals surface area contributed by atoms with Gasteiger partial charge in [-0.25, -0.2) is 0 Å². The summed E-state index contributed by atoms with van der Waals surface area (Å²) in [6.07, 6.45) is 0. The number of amides is 1. The van der Waals surface area contributed by atoms with E-state index in [1.54, 1.807) is 24.3 Å². The topological polar surface area (TPSA) is 173 Å². The molecule has 0 aliphatic rings. The van der Waals surface area contributed by atoms with Gasteiger partial charge in [0.2, 0.25) is 0 Å². The Bertz CT molecular complexity index is 1770. The molecule has 13 heteroatoms. The van der Waals surface area contributed by atoms with Crippen LogP contribution in [0.4, 0.5) is 27.8 Å². The molecule has 0 aliphatic heterocycles. The largest absolute Gasteiger partial charge is 0.505 e. The summed E-state index contributed by atoms with van der Waals surface area (Å²) in [5, 5.41) is 46.0. The predicted octanol–water partition coefficient (Wildman–Crippen LogP) is 6.64. The van der Waals surface area contributed by atoms with Crippen molar-refractivity contribution in [3.63, 3.8) is 0 Å². The molecule has 1 heterocycles. The van der Waals surface area contributed by atoms with E-state index in [2.05, 4.69) is 19.9 Å². The lowest BCUT2D eigenvalue weighted by atomic mass is 10.0. The molecule has 0 saturated heterocycles. The van der Waals surface area contributed by atoms with Crippen LogP contribution in [0.25, 0.3) is 21.7 Å². The third-order valence-corrected chi connectivity index (χ3v) is 6.21. The van der Waals surface area contributed by atoms with Crippen LogP contribution in [0.1, 0.15) is 10.4 Å². The highest BCUT2D eigenvalue weighted by atomic mass is 32.1. The summed E-state index contributed by atoms with van der Waals surface area (Å²) in [5.41, 5.74) is 0.235. The lowest BCUT2D eigenvalue weighted by Gasteiger charge is -2.11. The standard InChI is InChI=1S/C24H14N6O6S/c31-22-19(23(32)25-14-5-3-6-15(11-14)29(33)34)10-13-4-1-2-7-17(13)21(22)26-27-24-18-12-16(30(35)36)8-9-20(18)28-37-24/h1-12,31H,(H,25,32). The minimum absolute atomic E-state index is 0.00859. The summed E-state index contributed by atoms with van der Waals surface area (Å²) in [7, 11) is 0. The number of aromatic hydroxyl groups is 1. The fourth-order valence-corrected chi connectivity index (χ4v) is 4.37. The van der Waals surface area contributed by atoms with Crippen molar-refractivity contribution in [1.82, 2.24) is 4.37 Å².